The molecule has 1 atom stereocenters. The number of ether oxygens (including phenoxy) is 1. The first kappa shape index (κ1) is 34.1. The zero-order valence-electron chi connectivity index (χ0n) is 28.4. The number of hydrazine groups is 1. The number of hydrogen-bond acceptors (Lipinski definition) is 5. The van der Waals surface area contributed by atoms with Gasteiger partial charge in [-0.1, -0.05) is 109 Å². The van der Waals surface area contributed by atoms with Crippen LogP contribution in [-0.2, 0) is 16.7 Å². The third-order valence-electron chi connectivity index (χ3n) is 9.22. The Morgan fingerprint density at radius 3 is 1.96 bits per heavy atom. The molecule has 5 aromatic rings. The number of anilines is 1. The van der Waals surface area contributed by atoms with Gasteiger partial charge in [0.2, 0.25) is 0 Å². The van der Waals surface area contributed by atoms with Gasteiger partial charge in [-0.25, -0.2) is 10.6 Å². The maximum absolute atomic E-state index is 13.1. The summed E-state index contributed by atoms with van der Waals surface area (Å²) in [4.78, 5) is 15.0. The molecule has 1 fully saturated rings. The molecule has 252 valence electrons. The largest absolute Gasteiger partial charge is 0.508 e. The maximum atomic E-state index is 13.1. The van der Waals surface area contributed by atoms with Crippen molar-refractivity contribution in [3.05, 3.63) is 155 Å². The van der Waals surface area contributed by atoms with E-state index in [1.807, 2.05) is 97.4 Å². The van der Waals surface area contributed by atoms with Crippen molar-refractivity contribution >= 4 is 23.4 Å². The zero-order valence-corrected chi connectivity index (χ0v) is 29.1. The summed E-state index contributed by atoms with van der Waals surface area (Å²) in [6.07, 6.45) is 2.25. The van der Waals surface area contributed by atoms with Gasteiger partial charge in [0.05, 0.1) is 10.7 Å². The second kappa shape index (κ2) is 14.4. The second-order valence-electron chi connectivity index (χ2n) is 13.8. The predicted molar refractivity (Wildman–Crippen MR) is 199 cm³/mol. The Labute approximate surface area is 294 Å². The van der Waals surface area contributed by atoms with E-state index in [1.54, 1.807) is 12.1 Å². The van der Waals surface area contributed by atoms with Crippen LogP contribution in [0.15, 0.2) is 127 Å². The number of phenolic OH excluding ortho intramolecular Hbond substituents is 1. The first-order valence-corrected chi connectivity index (χ1v) is 17.3. The van der Waals surface area contributed by atoms with Crippen LogP contribution in [0.4, 0.5) is 10.5 Å². The van der Waals surface area contributed by atoms with Gasteiger partial charge < -0.3 is 14.7 Å². The normalized spacial score (nSPS) is 15.1. The van der Waals surface area contributed by atoms with Crippen molar-refractivity contribution < 1.29 is 14.6 Å². The third kappa shape index (κ3) is 7.31. The fourth-order valence-electron chi connectivity index (χ4n) is 7.06. The molecule has 0 aliphatic carbocycles. The Bertz CT molecular complexity index is 1780. The number of piperidine rings is 1. The van der Waals surface area contributed by atoms with Crippen molar-refractivity contribution in [2.75, 3.05) is 18.1 Å². The number of rotatable bonds is 8. The molecule has 1 saturated heterocycles. The summed E-state index contributed by atoms with van der Waals surface area (Å²) in [7, 11) is 0. The number of hydrogen-bond donors (Lipinski definition) is 2. The molecule has 1 aliphatic rings. The van der Waals surface area contributed by atoms with Gasteiger partial charge in [0.15, 0.2) is 0 Å². The number of carbonyl (C=O) groups excluding carboxylic acids is 1. The molecule has 0 spiro atoms. The molecular formula is C42H44ClN3O3. The number of likely N-dealkylation sites (tertiary alicyclic amines) is 1. The molecule has 0 bridgehead atoms. The lowest BCUT2D eigenvalue weighted by atomic mass is 9.75. The average Bonchev–Trinajstić information content (AvgIpc) is 3.09. The standard InChI is InChI=1S/C42H44ClN3O3/c1-41(2,3)49-40(48)45-25-13-14-30(29-45)26-32-27-31(37-23-22-36(47)28-38(37)43)21-24-39(32)46(44)42(33-15-7-4-8-16-33,34-17-9-5-10-18-34)35-19-11-6-12-20-35/h4-12,15-24,27-28,30,47H,13-14,25-26,29,44H2,1-3H3. The summed E-state index contributed by atoms with van der Waals surface area (Å²) >= 11 is 6.68. The number of nitrogens with two attached hydrogens (primary N) is 1. The van der Waals surface area contributed by atoms with Crippen LogP contribution >= 0.6 is 11.6 Å². The Morgan fingerprint density at radius 2 is 1.43 bits per heavy atom. The highest BCUT2D eigenvalue weighted by Gasteiger charge is 2.42. The Hall–Kier alpha value is -4.78. The van der Waals surface area contributed by atoms with Gasteiger partial charge in [-0.15, -0.1) is 0 Å². The minimum absolute atomic E-state index is 0.113. The van der Waals surface area contributed by atoms with Crippen LogP contribution in [0.1, 0.15) is 55.9 Å². The van der Waals surface area contributed by atoms with E-state index < -0.39 is 11.1 Å². The lowest BCUT2D eigenvalue weighted by molar-refractivity contribution is 0.0166. The van der Waals surface area contributed by atoms with Crippen molar-refractivity contribution in [2.45, 2.75) is 51.2 Å². The van der Waals surface area contributed by atoms with Crippen molar-refractivity contribution in [3.8, 4) is 16.9 Å². The predicted octanol–water partition coefficient (Wildman–Crippen LogP) is 9.57. The van der Waals surface area contributed by atoms with Crippen LogP contribution in [0.2, 0.25) is 5.02 Å². The zero-order chi connectivity index (χ0) is 34.6. The minimum atomic E-state index is -0.884. The smallest absolute Gasteiger partial charge is 0.410 e. The highest BCUT2D eigenvalue weighted by molar-refractivity contribution is 6.33. The number of phenols is 1. The molecular weight excluding hydrogens is 630 g/mol. The van der Waals surface area contributed by atoms with Crippen LogP contribution in [0.3, 0.4) is 0 Å². The molecule has 0 radical (unpaired) electrons. The van der Waals surface area contributed by atoms with E-state index in [2.05, 4.69) is 48.5 Å². The first-order valence-electron chi connectivity index (χ1n) is 16.9. The van der Waals surface area contributed by atoms with E-state index in [1.165, 1.54) is 0 Å². The van der Waals surface area contributed by atoms with Gasteiger partial charge in [-0.2, -0.15) is 0 Å². The number of halogens is 1. The Morgan fingerprint density at radius 1 is 0.857 bits per heavy atom. The quantitative estimate of drug-likeness (QED) is 0.0974. The molecule has 0 saturated carbocycles. The molecule has 3 N–H and O–H groups in total. The molecule has 49 heavy (non-hydrogen) atoms. The second-order valence-corrected chi connectivity index (χ2v) is 14.2. The summed E-state index contributed by atoms with van der Waals surface area (Å²) in [5.41, 5.74) is 5.27. The molecule has 1 unspecified atom stereocenters. The first-order chi connectivity index (χ1) is 23.6. The molecule has 1 heterocycles. The monoisotopic (exact) mass is 673 g/mol. The Balaban J connectivity index is 1.50. The highest BCUT2D eigenvalue weighted by atomic mass is 35.5. The lowest BCUT2D eigenvalue weighted by Gasteiger charge is -2.45. The number of aromatic hydroxyl groups is 1. The van der Waals surface area contributed by atoms with E-state index >= 15 is 0 Å². The molecule has 6 rings (SSSR count). The van der Waals surface area contributed by atoms with Gasteiger partial charge in [-0.05, 0) is 104 Å². The highest BCUT2D eigenvalue weighted by Crippen LogP contribution is 2.45. The van der Waals surface area contributed by atoms with Crippen LogP contribution in [-0.4, -0.2) is 34.8 Å². The number of nitrogens with zero attached hydrogens (tertiary/aromatic N) is 2. The van der Waals surface area contributed by atoms with Gasteiger partial charge in [0.25, 0.3) is 0 Å². The van der Waals surface area contributed by atoms with Crippen molar-refractivity contribution in [1.29, 1.82) is 0 Å². The number of amides is 1. The summed E-state index contributed by atoms with van der Waals surface area (Å²) in [5.74, 6) is 7.84. The van der Waals surface area contributed by atoms with Crippen LogP contribution in [0.25, 0.3) is 11.1 Å². The van der Waals surface area contributed by atoms with Gasteiger partial charge >= 0.3 is 6.09 Å². The summed E-state index contributed by atoms with van der Waals surface area (Å²) in [6.45, 7) is 6.94. The lowest BCUT2D eigenvalue weighted by Crippen LogP contribution is -2.53. The topological polar surface area (TPSA) is 79.0 Å². The molecule has 5 aromatic carbocycles. The SMILES string of the molecule is CC(C)(C)OC(=O)N1CCCC(Cc2cc(-c3ccc(O)cc3Cl)ccc2N(N)C(c2ccccc2)(c2ccccc2)c2ccccc2)C1. The summed E-state index contributed by atoms with van der Waals surface area (Å²) in [5, 5.41) is 12.5. The van der Waals surface area contributed by atoms with Crippen molar-refractivity contribution in [1.82, 2.24) is 4.90 Å². The van der Waals surface area contributed by atoms with Gasteiger partial charge in [0, 0.05) is 18.7 Å². The van der Waals surface area contributed by atoms with Crippen molar-refractivity contribution in [3.63, 3.8) is 0 Å². The van der Waals surface area contributed by atoms with Crippen molar-refractivity contribution in [2.24, 2.45) is 11.8 Å². The molecule has 6 nitrogen and oxygen atoms in total. The number of benzene rings is 5. The molecule has 0 aromatic heterocycles. The molecule has 7 heteroatoms. The van der Waals surface area contributed by atoms with Crippen LogP contribution in [0, 0.1) is 5.92 Å². The Kier molecular flexibility index (Phi) is 10.00. The summed E-state index contributed by atoms with van der Waals surface area (Å²) < 4.78 is 5.75. The van der Waals surface area contributed by atoms with E-state index in [0.717, 1.165) is 51.9 Å². The van der Waals surface area contributed by atoms with Gasteiger partial charge in [0.1, 0.15) is 16.9 Å². The van der Waals surface area contributed by atoms with Crippen LogP contribution < -0.4 is 10.9 Å². The summed E-state index contributed by atoms with van der Waals surface area (Å²) in [6, 6.07) is 42.4. The molecule has 1 aliphatic heterocycles. The van der Waals surface area contributed by atoms with E-state index in [0.29, 0.717) is 24.5 Å². The van der Waals surface area contributed by atoms with Gasteiger partial charge in [-0.3, -0.25) is 5.01 Å². The van der Waals surface area contributed by atoms with E-state index in [-0.39, 0.29) is 17.8 Å². The fraction of sp³-hybridized carbons (Fsp3) is 0.262. The van der Waals surface area contributed by atoms with E-state index in [9.17, 15) is 9.90 Å². The fourth-order valence-corrected chi connectivity index (χ4v) is 7.34. The number of carbonyl (C=O) groups is 1. The molecule has 1 amide bonds. The maximum Gasteiger partial charge on any atom is 0.410 e. The van der Waals surface area contributed by atoms with Crippen LogP contribution in [0.5, 0.6) is 5.75 Å². The average molecular weight is 674 g/mol. The minimum Gasteiger partial charge on any atom is -0.508 e. The van der Waals surface area contributed by atoms with E-state index in [4.69, 9.17) is 22.2 Å². The third-order valence-corrected chi connectivity index (χ3v) is 9.53.